The number of esters is 1. The molecule has 2 aromatic rings. The van der Waals surface area contributed by atoms with E-state index in [0.717, 1.165) is 11.1 Å². The molecule has 1 aromatic carbocycles. The topological polar surface area (TPSA) is 90.3 Å². The fraction of sp³-hybridized carbons (Fsp3) is 0.375. The first kappa shape index (κ1) is 16.7. The van der Waals surface area contributed by atoms with E-state index in [1.54, 1.807) is 24.3 Å². The Morgan fingerprint density at radius 2 is 1.96 bits per heavy atom. The molecule has 0 aliphatic heterocycles. The average Bonchev–Trinajstić information content (AvgIpc) is 2.55. The van der Waals surface area contributed by atoms with Gasteiger partial charge in [-0.25, -0.2) is 9.48 Å². The lowest BCUT2D eigenvalue weighted by molar-refractivity contribution is -0.124. The molecule has 0 bridgehead atoms. The molecule has 7 heteroatoms. The van der Waals surface area contributed by atoms with Crippen LogP contribution in [0.3, 0.4) is 0 Å². The number of nitrogens with zero attached hydrogens (tertiary/aromatic N) is 2. The fourth-order valence-electron chi connectivity index (χ4n) is 2.07. The van der Waals surface area contributed by atoms with E-state index in [4.69, 9.17) is 4.74 Å². The molecular formula is C16H19N3O4. The van der Waals surface area contributed by atoms with Crippen molar-refractivity contribution < 1.29 is 14.3 Å². The van der Waals surface area contributed by atoms with E-state index in [0.29, 0.717) is 10.8 Å². The molecule has 0 radical (unpaired) electrons. The molecule has 0 aliphatic rings. The summed E-state index contributed by atoms with van der Waals surface area (Å²) >= 11 is 0. The minimum Gasteiger partial charge on any atom is -0.451 e. The van der Waals surface area contributed by atoms with Crippen molar-refractivity contribution >= 4 is 22.6 Å². The summed E-state index contributed by atoms with van der Waals surface area (Å²) in [5.74, 6) is -1.11. The molecule has 0 saturated heterocycles. The van der Waals surface area contributed by atoms with E-state index in [9.17, 15) is 14.4 Å². The molecule has 7 nitrogen and oxygen atoms in total. The molecule has 1 aromatic heterocycles. The highest BCUT2D eigenvalue weighted by atomic mass is 16.5. The number of ether oxygens (including phenoxy) is 1. The third-order valence-electron chi connectivity index (χ3n) is 3.50. The predicted molar refractivity (Wildman–Crippen MR) is 85.2 cm³/mol. The first-order valence-electron chi connectivity index (χ1n) is 7.36. The van der Waals surface area contributed by atoms with Gasteiger partial charge in [0.2, 0.25) is 0 Å². The van der Waals surface area contributed by atoms with Gasteiger partial charge in [0.1, 0.15) is 0 Å². The van der Waals surface area contributed by atoms with E-state index in [1.165, 1.54) is 7.05 Å². The van der Waals surface area contributed by atoms with E-state index in [2.05, 4.69) is 10.4 Å². The zero-order valence-electron chi connectivity index (χ0n) is 13.3. The molecule has 1 heterocycles. The van der Waals surface area contributed by atoms with Gasteiger partial charge >= 0.3 is 5.97 Å². The number of carbonyl (C=O) groups excluding carboxylic acids is 2. The van der Waals surface area contributed by atoms with Crippen LogP contribution >= 0.6 is 0 Å². The van der Waals surface area contributed by atoms with Crippen LogP contribution in [0.15, 0.2) is 29.1 Å². The Labute approximate surface area is 133 Å². The number of aryl methyl sites for hydroxylation is 1. The van der Waals surface area contributed by atoms with E-state index in [1.807, 2.05) is 13.8 Å². The summed E-state index contributed by atoms with van der Waals surface area (Å²) in [5.41, 5.74) is -0.286. The van der Waals surface area contributed by atoms with Crippen LogP contribution in [0.4, 0.5) is 0 Å². The van der Waals surface area contributed by atoms with Crippen molar-refractivity contribution in [3.8, 4) is 0 Å². The summed E-state index contributed by atoms with van der Waals surface area (Å²) in [6, 6.07) is 6.66. The van der Waals surface area contributed by atoms with Crippen LogP contribution in [-0.4, -0.2) is 34.3 Å². The largest absolute Gasteiger partial charge is 0.451 e. The monoisotopic (exact) mass is 317 g/mol. The quantitative estimate of drug-likeness (QED) is 0.831. The van der Waals surface area contributed by atoms with Gasteiger partial charge < -0.3 is 10.1 Å². The number of hydrogen-bond donors (Lipinski definition) is 1. The van der Waals surface area contributed by atoms with E-state index in [-0.39, 0.29) is 29.8 Å². The number of amides is 1. The zero-order valence-corrected chi connectivity index (χ0v) is 13.3. The standard InChI is InChI=1S/C16H19N3O4/c1-4-10(2)17-13(20)9-23-16(22)14-11-7-5-6-8-12(11)15(21)19(3)18-14/h5-8,10H,4,9H2,1-3H3,(H,17,20)/t10-/m0/s1. The van der Waals surface area contributed by atoms with Gasteiger partial charge in [0.25, 0.3) is 11.5 Å². The number of aromatic nitrogens is 2. The Kier molecular flexibility index (Phi) is 5.10. The number of rotatable bonds is 5. The number of carbonyl (C=O) groups is 2. The highest BCUT2D eigenvalue weighted by Crippen LogP contribution is 2.13. The number of benzene rings is 1. The summed E-state index contributed by atoms with van der Waals surface area (Å²) < 4.78 is 6.09. The van der Waals surface area contributed by atoms with Crippen molar-refractivity contribution in [1.29, 1.82) is 0 Å². The van der Waals surface area contributed by atoms with Crippen LogP contribution in [-0.2, 0) is 16.6 Å². The van der Waals surface area contributed by atoms with Crippen molar-refractivity contribution in [3.63, 3.8) is 0 Å². The van der Waals surface area contributed by atoms with Gasteiger partial charge in [-0.2, -0.15) is 5.10 Å². The van der Waals surface area contributed by atoms with Gasteiger partial charge in [0, 0.05) is 18.5 Å². The third-order valence-corrected chi connectivity index (χ3v) is 3.50. The number of nitrogens with one attached hydrogen (secondary N) is 1. The van der Waals surface area contributed by atoms with Gasteiger partial charge in [-0.1, -0.05) is 25.1 Å². The molecule has 2 rings (SSSR count). The molecular weight excluding hydrogens is 298 g/mol. The lowest BCUT2D eigenvalue weighted by Gasteiger charge is -2.12. The summed E-state index contributed by atoms with van der Waals surface area (Å²) in [4.78, 5) is 35.9. The molecule has 0 aliphatic carbocycles. The molecule has 1 amide bonds. The first-order valence-corrected chi connectivity index (χ1v) is 7.36. The van der Waals surface area contributed by atoms with Crippen molar-refractivity contribution in [2.24, 2.45) is 7.05 Å². The molecule has 0 spiro atoms. The second kappa shape index (κ2) is 7.04. The number of hydrogen-bond acceptors (Lipinski definition) is 5. The SMILES string of the molecule is CC[C@H](C)NC(=O)COC(=O)c1nn(C)c(=O)c2ccccc12. The summed E-state index contributed by atoms with van der Waals surface area (Å²) in [6.07, 6.45) is 0.784. The van der Waals surface area contributed by atoms with E-state index >= 15 is 0 Å². The highest BCUT2D eigenvalue weighted by Gasteiger charge is 2.18. The Bertz CT molecular complexity index is 798. The molecule has 1 N–H and O–H groups in total. The van der Waals surface area contributed by atoms with Gasteiger partial charge in [0.05, 0.1) is 5.39 Å². The minimum absolute atomic E-state index is 0.0118. The first-order chi connectivity index (χ1) is 10.9. The molecule has 0 fully saturated rings. The third kappa shape index (κ3) is 3.74. The maximum atomic E-state index is 12.2. The van der Waals surface area contributed by atoms with Crippen molar-refractivity contribution in [1.82, 2.24) is 15.1 Å². The lowest BCUT2D eigenvalue weighted by Crippen LogP contribution is -2.35. The normalized spacial score (nSPS) is 12.0. The summed E-state index contributed by atoms with van der Waals surface area (Å²) in [7, 11) is 1.46. The van der Waals surface area contributed by atoms with Crippen molar-refractivity contribution in [2.75, 3.05) is 6.61 Å². The zero-order chi connectivity index (χ0) is 17.0. The Hall–Kier alpha value is -2.70. The highest BCUT2D eigenvalue weighted by molar-refractivity contribution is 6.02. The van der Waals surface area contributed by atoms with Crippen molar-refractivity contribution in [3.05, 3.63) is 40.3 Å². The Morgan fingerprint density at radius 3 is 2.61 bits per heavy atom. The van der Waals surface area contributed by atoms with Gasteiger partial charge in [-0.3, -0.25) is 9.59 Å². The van der Waals surface area contributed by atoms with E-state index < -0.39 is 5.97 Å². The predicted octanol–water partition coefficient (Wildman–Crippen LogP) is 1.00. The second-order valence-electron chi connectivity index (χ2n) is 5.28. The Morgan fingerprint density at radius 1 is 1.30 bits per heavy atom. The van der Waals surface area contributed by atoms with Crippen LogP contribution in [0.2, 0.25) is 0 Å². The van der Waals surface area contributed by atoms with Crippen LogP contribution in [0.5, 0.6) is 0 Å². The Balaban J connectivity index is 2.20. The summed E-state index contributed by atoms with van der Waals surface area (Å²) in [6.45, 7) is 3.42. The van der Waals surface area contributed by atoms with Crippen LogP contribution in [0, 0.1) is 0 Å². The van der Waals surface area contributed by atoms with Crippen LogP contribution < -0.4 is 10.9 Å². The second-order valence-corrected chi connectivity index (χ2v) is 5.28. The molecule has 0 unspecified atom stereocenters. The lowest BCUT2D eigenvalue weighted by atomic mass is 10.1. The fourth-order valence-corrected chi connectivity index (χ4v) is 2.07. The van der Waals surface area contributed by atoms with Crippen LogP contribution in [0.1, 0.15) is 30.8 Å². The van der Waals surface area contributed by atoms with Crippen LogP contribution in [0.25, 0.3) is 10.8 Å². The van der Waals surface area contributed by atoms with Gasteiger partial charge in [-0.15, -0.1) is 0 Å². The maximum Gasteiger partial charge on any atom is 0.359 e. The molecule has 23 heavy (non-hydrogen) atoms. The van der Waals surface area contributed by atoms with Crippen molar-refractivity contribution in [2.45, 2.75) is 26.3 Å². The molecule has 122 valence electrons. The maximum absolute atomic E-state index is 12.2. The summed E-state index contributed by atoms with van der Waals surface area (Å²) in [5, 5.41) is 7.44. The van der Waals surface area contributed by atoms with Gasteiger partial charge in [-0.05, 0) is 19.4 Å². The average molecular weight is 317 g/mol. The molecule has 1 atom stereocenters. The number of fused-ring (bicyclic) bond motifs is 1. The minimum atomic E-state index is -0.740. The smallest absolute Gasteiger partial charge is 0.359 e. The van der Waals surface area contributed by atoms with Gasteiger partial charge in [0.15, 0.2) is 12.3 Å². The molecule has 0 saturated carbocycles.